The number of carboxylic acid groups (broad SMARTS) is 1. The van der Waals surface area contributed by atoms with Crippen LogP contribution in [0.5, 0.6) is 0 Å². The molecule has 0 aromatic heterocycles. The number of benzene rings is 1. The van der Waals surface area contributed by atoms with E-state index >= 15 is 0 Å². The Kier molecular flexibility index (Phi) is 3.30. The third-order valence-corrected chi connectivity index (χ3v) is 3.19. The van der Waals surface area contributed by atoms with E-state index in [1.807, 2.05) is 12.1 Å². The fourth-order valence-corrected chi connectivity index (χ4v) is 2.44. The van der Waals surface area contributed by atoms with Gasteiger partial charge < -0.3 is 5.11 Å². The Morgan fingerprint density at radius 3 is 2.81 bits per heavy atom. The van der Waals surface area contributed by atoms with Crippen molar-refractivity contribution in [1.82, 2.24) is 0 Å². The van der Waals surface area contributed by atoms with Gasteiger partial charge in [0.25, 0.3) is 0 Å². The molecule has 0 unspecified atom stereocenters. The van der Waals surface area contributed by atoms with Crippen molar-refractivity contribution in [2.24, 2.45) is 0 Å². The minimum Gasteiger partial charge on any atom is -0.478 e. The molecule has 0 bridgehead atoms. The number of hydrogen-bond acceptors (Lipinski definition) is 1. The quantitative estimate of drug-likeness (QED) is 0.800. The Morgan fingerprint density at radius 2 is 2.06 bits per heavy atom. The lowest BCUT2D eigenvalue weighted by atomic mass is 9.90. The smallest absolute Gasteiger partial charge is 0.328 e. The average molecular weight is 237 g/mol. The molecule has 0 saturated heterocycles. The predicted molar refractivity (Wildman–Crippen MR) is 64.8 cm³/mol. The standard InChI is InChI=1S/C13H13ClO2/c14-12-8-9(5-6-13(15)16)7-10-3-1-2-4-11(10)12/h5-8H,1-4H2,(H,15,16)/b6-5+. The van der Waals surface area contributed by atoms with E-state index < -0.39 is 5.97 Å². The number of carbonyl (C=O) groups is 1. The fourth-order valence-electron chi connectivity index (χ4n) is 2.10. The van der Waals surface area contributed by atoms with Crippen LogP contribution >= 0.6 is 11.6 Å². The molecule has 0 radical (unpaired) electrons. The van der Waals surface area contributed by atoms with Crippen molar-refractivity contribution in [2.45, 2.75) is 25.7 Å². The first-order chi connectivity index (χ1) is 7.66. The summed E-state index contributed by atoms with van der Waals surface area (Å²) < 4.78 is 0. The molecule has 1 aromatic carbocycles. The van der Waals surface area contributed by atoms with E-state index in [0.717, 1.165) is 29.5 Å². The largest absolute Gasteiger partial charge is 0.478 e. The third-order valence-electron chi connectivity index (χ3n) is 2.85. The Balaban J connectivity index is 2.35. The van der Waals surface area contributed by atoms with Crippen molar-refractivity contribution in [3.05, 3.63) is 39.9 Å². The van der Waals surface area contributed by atoms with Crippen LogP contribution in [-0.4, -0.2) is 11.1 Å². The van der Waals surface area contributed by atoms with Gasteiger partial charge in [-0.2, -0.15) is 0 Å². The first-order valence-electron chi connectivity index (χ1n) is 5.39. The summed E-state index contributed by atoms with van der Waals surface area (Å²) in [4.78, 5) is 10.4. The third kappa shape index (κ3) is 2.45. The Labute approximate surface area is 99.5 Å². The summed E-state index contributed by atoms with van der Waals surface area (Å²) in [5.74, 6) is -0.936. The summed E-state index contributed by atoms with van der Waals surface area (Å²) >= 11 is 6.18. The van der Waals surface area contributed by atoms with Gasteiger partial charge in [0.15, 0.2) is 0 Å². The highest BCUT2D eigenvalue weighted by molar-refractivity contribution is 6.31. The van der Waals surface area contributed by atoms with Crippen LogP contribution < -0.4 is 0 Å². The predicted octanol–water partition coefficient (Wildman–Crippen LogP) is 3.32. The first kappa shape index (κ1) is 11.2. The molecule has 2 nitrogen and oxygen atoms in total. The second-order valence-corrected chi connectivity index (χ2v) is 4.43. The van der Waals surface area contributed by atoms with Crippen molar-refractivity contribution in [1.29, 1.82) is 0 Å². The maximum absolute atomic E-state index is 10.4. The minimum absolute atomic E-state index is 0.766. The average Bonchev–Trinajstić information content (AvgIpc) is 2.26. The molecule has 0 saturated carbocycles. The number of rotatable bonds is 2. The molecule has 2 rings (SSSR count). The van der Waals surface area contributed by atoms with Gasteiger partial charge >= 0.3 is 5.97 Å². The molecule has 3 heteroatoms. The SMILES string of the molecule is O=C(O)/C=C/c1cc(Cl)c2c(c1)CCCC2. The van der Waals surface area contributed by atoms with Crippen LogP contribution in [0.15, 0.2) is 18.2 Å². The number of aliphatic carboxylic acids is 1. The van der Waals surface area contributed by atoms with Crippen molar-refractivity contribution in [3.8, 4) is 0 Å². The molecule has 1 aliphatic carbocycles. The number of aryl methyl sites for hydroxylation is 1. The first-order valence-corrected chi connectivity index (χ1v) is 5.77. The molecule has 84 valence electrons. The van der Waals surface area contributed by atoms with Gasteiger partial charge in [-0.25, -0.2) is 4.79 Å². The van der Waals surface area contributed by atoms with E-state index in [2.05, 4.69) is 0 Å². The highest BCUT2D eigenvalue weighted by Crippen LogP contribution is 2.29. The molecular formula is C13H13ClO2. The van der Waals surface area contributed by atoms with Crippen molar-refractivity contribution < 1.29 is 9.90 Å². The molecule has 0 spiro atoms. The summed E-state index contributed by atoms with van der Waals surface area (Å²) in [5.41, 5.74) is 3.37. The summed E-state index contributed by atoms with van der Waals surface area (Å²) in [6.45, 7) is 0. The number of halogens is 1. The molecular weight excluding hydrogens is 224 g/mol. The molecule has 1 N–H and O–H groups in total. The molecule has 1 aromatic rings. The molecule has 0 fully saturated rings. The van der Waals surface area contributed by atoms with Crippen molar-refractivity contribution >= 4 is 23.6 Å². The lowest BCUT2D eigenvalue weighted by molar-refractivity contribution is -0.131. The van der Waals surface area contributed by atoms with E-state index in [-0.39, 0.29) is 0 Å². The molecule has 0 aliphatic heterocycles. The van der Waals surface area contributed by atoms with Crippen LogP contribution in [0.2, 0.25) is 5.02 Å². The zero-order valence-corrected chi connectivity index (χ0v) is 9.63. The van der Waals surface area contributed by atoms with Crippen molar-refractivity contribution in [3.63, 3.8) is 0 Å². The van der Waals surface area contributed by atoms with Crippen LogP contribution in [0, 0.1) is 0 Å². The molecule has 0 atom stereocenters. The zero-order chi connectivity index (χ0) is 11.5. The Morgan fingerprint density at radius 1 is 1.31 bits per heavy atom. The van der Waals surface area contributed by atoms with E-state index in [1.165, 1.54) is 24.0 Å². The zero-order valence-electron chi connectivity index (χ0n) is 8.87. The summed E-state index contributed by atoms with van der Waals surface area (Å²) in [7, 11) is 0. The van der Waals surface area contributed by atoms with Gasteiger partial charge in [-0.15, -0.1) is 0 Å². The van der Waals surface area contributed by atoms with Gasteiger partial charge in [-0.1, -0.05) is 17.7 Å². The second kappa shape index (κ2) is 4.71. The van der Waals surface area contributed by atoms with Gasteiger partial charge in [-0.05, 0) is 54.5 Å². The highest BCUT2D eigenvalue weighted by Gasteiger charge is 2.12. The Hall–Kier alpha value is -1.28. The normalized spacial score (nSPS) is 15.1. The summed E-state index contributed by atoms with van der Waals surface area (Å²) in [6.07, 6.45) is 7.19. The monoisotopic (exact) mass is 236 g/mol. The molecule has 0 heterocycles. The number of hydrogen-bond donors (Lipinski definition) is 1. The number of carboxylic acids is 1. The van der Waals surface area contributed by atoms with Gasteiger partial charge in [0.1, 0.15) is 0 Å². The van der Waals surface area contributed by atoms with Gasteiger partial charge in [0.05, 0.1) is 0 Å². The minimum atomic E-state index is -0.936. The molecule has 0 amide bonds. The second-order valence-electron chi connectivity index (χ2n) is 4.02. The summed E-state index contributed by atoms with van der Waals surface area (Å²) in [6, 6.07) is 3.88. The van der Waals surface area contributed by atoms with Crippen LogP contribution in [-0.2, 0) is 17.6 Å². The molecule has 16 heavy (non-hydrogen) atoms. The van der Waals surface area contributed by atoms with Crippen LogP contribution in [0.3, 0.4) is 0 Å². The number of fused-ring (bicyclic) bond motifs is 1. The molecule has 1 aliphatic rings. The van der Waals surface area contributed by atoms with Crippen LogP contribution in [0.4, 0.5) is 0 Å². The maximum atomic E-state index is 10.4. The van der Waals surface area contributed by atoms with Crippen LogP contribution in [0.25, 0.3) is 6.08 Å². The van der Waals surface area contributed by atoms with E-state index in [1.54, 1.807) is 6.08 Å². The maximum Gasteiger partial charge on any atom is 0.328 e. The Bertz CT molecular complexity index is 449. The lowest BCUT2D eigenvalue weighted by Crippen LogP contribution is -2.03. The lowest BCUT2D eigenvalue weighted by Gasteiger charge is -2.17. The van der Waals surface area contributed by atoms with Crippen molar-refractivity contribution in [2.75, 3.05) is 0 Å². The van der Waals surface area contributed by atoms with E-state index in [0.29, 0.717) is 0 Å². The topological polar surface area (TPSA) is 37.3 Å². The van der Waals surface area contributed by atoms with Gasteiger partial charge in [0, 0.05) is 11.1 Å². The summed E-state index contributed by atoms with van der Waals surface area (Å²) in [5, 5.41) is 9.33. The highest BCUT2D eigenvalue weighted by atomic mass is 35.5. The van der Waals surface area contributed by atoms with E-state index in [9.17, 15) is 4.79 Å². The van der Waals surface area contributed by atoms with Gasteiger partial charge in [-0.3, -0.25) is 0 Å². The van der Waals surface area contributed by atoms with E-state index in [4.69, 9.17) is 16.7 Å². The van der Waals surface area contributed by atoms with Crippen LogP contribution in [0.1, 0.15) is 29.5 Å². The van der Waals surface area contributed by atoms with Gasteiger partial charge in [0.2, 0.25) is 0 Å². The fraction of sp³-hybridized carbons (Fsp3) is 0.308.